The summed E-state index contributed by atoms with van der Waals surface area (Å²) in [6.45, 7) is 6.30. The van der Waals surface area contributed by atoms with Gasteiger partial charge in [-0.3, -0.25) is 10.1 Å². The van der Waals surface area contributed by atoms with Crippen molar-refractivity contribution in [3.63, 3.8) is 0 Å². The molecule has 5 heteroatoms. The van der Waals surface area contributed by atoms with E-state index in [1.54, 1.807) is 0 Å². The SMILES string of the molecule is CCc1ccc(-c2csc(NC(=O)COc3ccccc3C(C)C)n2)cc1. The van der Waals surface area contributed by atoms with Crippen LogP contribution in [-0.4, -0.2) is 17.5 Å². The van der Waals surface area contributed by atoms with Crippen molar-refractivity contribution in [2.24, 2.45) is 0 Å². The summed E-state index contributed by atoms with van der Waals surface area (Å²) < 4.78 is 5.71. The molecule has 2 aromatic carbocycles. The quantitative estimate of drug-likeness (QED) is 0.588. The lowest BCUT2D eigenvalue weighted by Crippen LogP contribution is -2.20. The molecule has 0 atom stereocenters. The highest BCUT2D eigenvalue weighted by Gasteiger charge is 2.11. The number of aryl methyl sites for hydroxylation is 1. The molecule has 1 N–H and O–H groups in total. The Labute approximate surface area is 164 Å². The summed E-state index contributed by atoms with van der Waals surface area (Å²) in [7, 11) is 0. The molecule has 0 spiro atoms. The predicted molar refractivity (Wildman–Crippen MR) is 112 cm³/mol. The van der Waals surface area contributed by atoms with Crippen molar-refractivity contribution in [3.8, 4) is 17.0 Å². The summed E-state index contributed by atoms with van der Waals surface area (Å²) in [5.74, 6) is 0.874. The maximum absolute atomic E-state index is 12.2. The lowest BCUT2D eigenvalue weighted by Gasteiger charge is -2.13. The van der Waals surface area contributed by atoms with Crippen LogP contribution in [0.25, 0.3) is 11.3 Å². The summed E-state index contributed by atoms with van der Waals surface area (Å²) in [6, 6.07) is 16.1. The van der Waals surface area contributed by atoms with Crippen LogP contribution < -0.4 is 10.1 Å². The molecule has 3 aromatic rings. The van der Waals surface area contributed by atoms with Crippen molar-refractivity contribution < 1.29 is 9.53 Å². The van der Waals surface area contributed by atoms with Crippen LogP contribution in [0.2, 0.25) is 0 Å². The van der Waals surface area contributed by atoms with Crippen LogP contribution in [0.1, 0.15) is 37.8 Å². The summed E-state index contributed by atoms with van der Waals surface area (Å²) >= 11 is 1.41. The minimum Gasteiger partial charge on any atom is -0.483 e. The highest BCUT2D eigenvalue weighted by molar-refractivity contribution is 7.14. The number of carbonyl (C=O) groups is 1. The molecule has 4 nitrogen and oxygen atoms in total. The van der Waals surface area contributed by atoms with Gasteiger partial charge in [0.25, 0.3) is 5.91 Å². The van der Waals surface area contributed by atoms with Crippen molar-refractivity contribution >= 4 is 22.4 Å². The summed E-state index contributed by atoms with van der Waals surface area (Å²) in [4.78, 5) is 16.7. The van der Waals surface area contributed by atoms with Gasteiger partial charge in [0.1, 0.15) is 5.75 Å². The first-order valence-electron chi connectivity index (χ1n) is 9.13. The molecule has 0 unspecified atom stereocenters. The Hall–Kier alpha value is -2.66. The van der Waals surface area contributed by atoms with Crippen LogP contribution in [0.5, 0.6) is 5.75 Å². The average Bonchev–Trinajstić information content (AvgIpc) is 3.15. The highest BCUT2D eigenvalue weighted by Crippen LogP contribution is 2.27. The summed E-state index contributed by atoms with van der Waals surface area (Å²) in [5.41, 5.74) is 4.30. The molecule has 1 amide bonds. The normalized spacial score (nSPS) is 10.8. The fraction of sp³-hybridized carbons (Fsp3) is 0.273. The number of hydrogen-bond donors (Lipinski definition) is 1. The molecule has 0 aliphatic rings. The number of hydrogen-bond acceptors (Lipinski definition) is 4. The van der Waals surface area contributed by atoms with Crippen molar-refractivity contribution in [2.75, 3.05) is 11.9 Å². The van der Waals surface area contributed by atoms with Gasteiger partial charge >= 0.3 is 0 Å². The Balaban J connectivity index is 1.59. The Kier molecular flexibility index (Phi) is 6.24. The third-order valence-electron chi connectivity index (χ3n) is 4.31. The van der Waals surface area contributed by atoms with Gasteiger partial charge in [-0.2, -0.15) is 0 Å². The first kappa shape index (κ1) is 19.1. The van der Waals surface area contributed by atoms with E-state index < -0.39 is 0 Å². The van der Waals surface area contributed by atoms with E-state index in [0.29, 0.717) is 11.0 Å². The number of benzene rings is 2. The van der Waals surface area contributed by atoms with Crippen molar-refractivity contribution in [1.29, 1.82) is 0 Å². The average molecular weight is 381 g/mol. The lowest BCUT2D eigenvalue weighted by atomic mass is 10.0. The maximum atomic E-state index is 12.2. The molecule has 0 bridgehead atoms. The topological polar surface area (TPSA) is 51.2 Å². The number of nitrogens with one attached hydrogen (secondary N) is 1. The van der Waals surface area contributed by atoms with E-state index in [1.165, 1.54) is 16.9 Å². The van der Waals surface area contributed by atoms with Gasteiger partial charge in [-0.25, -0.2) is 4.98 Å². The molecule has 0 saturated carbocycles. The van der Waals surface area contributed by atoms with Gasteiger partial charge in [0, 0.05) is 10.9 Å². The fourth-order valence-electron chi connectivity index (χ4n) is 2.76. The second-order valence-electron chi connectivity index (χ2n) is 6.62. The molecule has 1 heterocycles. The first-order valence-corrected chi connectivity index (χ1v) is 10.0. The van der Waals surface area contributed by atoms with Gasteiger partial charge in [-0.15, -0.1) is 11.3 Å². The minimum absolute atomic E-state index is 0.0379. The molecule has 1 aromatic heterocycles. The molecule has 3 rings (SSSR count). The number of para-hydroxylation sites is 1. The van der Waals surface area contributed by atoms with Gasteiger partial charge in [0.05, 0.1) is 5.69 Å². The van der Waals surface area contributed by atoms with Gasteiger partial charge in [-0.05, 0) is 29.5 Å². The van der Waals surface area contributed by atoms with Crippen LogP contribution >= 0.6 is 11.3 Å². The molecular formula is C22H24N2O2S. The molecular weight excluding hydrogens is 356 g/mol. The monoisotopic (exact) mass is 380 g/mol. The Bertz CT molecular complexity index is 901. The second kappa shape index (κ2) is 8.82. The number of ether oxygens (including phenoxy) is 1. The van der Waals surface area contributed by atoms with Gasteiger partial charge in [0.15, 0.2) is 11.7 Å². The zero-order valence-electron chi connectivity index (χ0n) is 15.9. The lowest BCUT2D eigenvalue weighted by molar-refractivity contribution is -0.118. The molecule has 0 radical (unpaired) electrons. The smallest absolute Gasteiger partial charge is 0.264 e. The number of anilines is 1. The number of carbonyl (C=O) groups excluding carboxylic acids is 1. The molecule has 0 aliphatic heterocycles. The Morgan fingerprint density at radius 2 is 1.89 bits per heavy atom. The van der Waals surface area contributed by atoms with Gasteiger partial charge < -0.3 is 4.74 Å². The maximum Gasteiger partial charge on any atom is 0.264 e. The van der Waals surface area contributed by atoms with Gasteiger partial charge in [0.2, 0.25) is 0 Å². The zero-order chi connectivity index (χ0) is 19.2. The number of aromatic nitrogens is 1. The number of nitrogens with zero attached hydrogens (tertiary/aromatic N) is 1. The van der Waals surface area contributed by atoms with E-state index in [1.807, 2.05) is 29.6 Å². The number of amides is 1. The van der Waals surface area contributed by atoms with Crippen LogP contribution in [0.15, 0.2) is 53.9 Å². The highest BCUT2D eigenvalue weighted by atomic mass is 32.1. The van der Waals surface area contributed by atoms with Crippen molar-refractivity contribution in [2.45, 2.75) is 33.1 Å². The van der Waals surface area contributed by atoms with E-state index in [2.05, 4.69) is 55.3 Å². The third-order valence-corrected chi connectivity index (χ3v) is 5.07. The van der Waals surface area contributed by atoms with E-state index in [0.717, 1.165) is 29.0 Å². The minimum atomic E-state index is -0.212. The van der Waals surface area contributed by atoms with E-state index in [4.69, 9.17) is 4.74 Å². The standard InChI is InChI=1S/C22H24N2O2S/c1-4-16-9-11-17(12-10-16)19-14-27-22(23-19)24-21(25)13-26-20-8-6-5-7-18(20)15(2)3/h5-12,14-15H,4,13H2,1-3H3,(H,23,24,25). The fourth-order valence-corrected chi connectivity index (χ4v) is 3.50. The molecule has 27 heavy (non-hydrogen) atoms. The van der Waals surface area contributed by atoms with Crippen molar-refractivity contribution in [1.82, 2.24) is 4.98 Å². The summed E-state index contributed by atoms with van der Waals surface area (Å²) in [5, 5.41) is 5.35. The molecule has 0 saturated heterocycles. The molecule has 0 aliphatic carbocycles. The molecule has 0 fully saturated rings. The van der Waals surface area contributed by atoms with E-state index in [-0.39, 0.29) is 12.5 Å². The van der Waals surface area contributed by atoms with Gasteiger partial charge in [-0.1, -0.05) is 63.2 Å². The zero-order valence-corrected chi connectivity index (χ0v) is 16.7. The largest absolute Gasteiger partial charge is 0.483 e. The predicted octanol–water partition coefficient (Wildman–Crippen LogP) is 5.51. The number of thiazole rings is 1. The van der Waals surface area contributed by atoms with E-state index >= 15 is 0 Å². The van der Waals surface area contributed by atoms with Crippen LogP contribution in [0, 0.1) is 0 Å². The van der Waals surface area contributed by atoms with Crippen molar-refractivity contribution in [3.05, 3.63) is 65.0 Å². The molecule has 140 valence electrons. The Morgan fingerprint density at radius 3 is 2.59 bits per heavy atom. The Morgan fingerprint density at radius 1 is 1.15 bits per heavy atom. The number of rotatable bonds is 7. The van der Waals surface area contributed by atoms with Crippen LogP contribution in [0.3, 0.4) is 0 Å². The summed E-state index contributed by atoms with van der Waals surface area (Å²) in [6.07, 6.45) is 1.01. The second-order valence-corrected chi connectivity index (χ2v) is 7.48. The first-order chi connectivity index (χ1) is 13.1. The van der Waals surface area contributed by atoms with Crippen LogP contribution in [-0.2, 0) is 11.2 Å². The van der Waals surface area contributed by atoms with E-state index in [9.17, 15) is 4.79 Å². The third kappa shape index (κ3) is 4.95. The van der Waals surface area contributed by atoms with Crippen LogP contribution in [0.4, 0.5) is 5.13 Å².